The number of halogens is 1. The highest BCUT2D eigenvalue weighted by Crippen LogP contribution is 2.27. The highest BCUT2D eigenvalue weighted by molar-refractivity contribution is 9.10. The van der Waals surface area contributed by atoms with Gasteiger partial charge in [0.1, 0.15) is 0 Å². The molecule has 0 N–H and O–H groups in total. The summed E-state index contributed by atoms with van der Waals surface area (Å²) in [5, 5.41) is 0. The molecule has 1 aromatic carbocycles. The molecule has 0 saturated carbocycles. The summed E-state index contributed by atoms with van der Waals surface area (Å²) in [6.07, 6.45) is 1.66. The Bertz CT molecular complexity index is 566. The van der Waals surface area contributed by atoms with Gasteiger partial charge < -0.3 is 0 Å². The molecule has 0 aliphatic rings. The van der Waals surface area contributed by atoms with E-state index in [2.05, 4.69) is 29.8 Å². The van der Waals surface area contributed by atoms with Crippen molar-refractivity contribution < 1.29 is 8.42 Å². The minimum absolute atomic E-state index is 0.0516. The lowest BCUT2D eigenvalue weighted by molar-refractivity contribution is 0.276. The lowest BCUT2D eigenvalue weighted by atomic mass is 10.1. The van der Waals surface area contributed by atoms with E-state index >= 15 is 0 Å². The van der Waals surface area contributed by atoms with Crippen molar-refractivity contribution in [3.05, 3.63) is 28.2 Å². The van der Waals surface area contributed by atoms with Crippen molar-refractivity contribution in [2.24, 2.45) is 5.92 Å². The fourth-order valence-electron chi connectivity index (χ4n) is 2.48. The Labute approximate surface area is 137 Å². The molecule has 0 aliphatic carbocycles. The molecule has 120 valence electrons. The molecule has 21 heavy (non-hydrogen) atoms. The Morgan fingerprint density at radius 1 is 1.19 bits per heavy atom. The summed E-state index contributed by atoms with van der Waals surface area (Å²) in [7, 11) is -3.47. The summed E-state index contributed by atoms with van der Waals surface area (Å²) < 4.78 is 28.7. The van der Waals surface area contributed by atoms with Crippen LogP contribution < -0.4 is 0 Å². The van der Waals surface area contributed by atoms with Gasteiger partial charge in [-0.15, -0.1) is 0 Å². The van der Waals surface area contributed by atoms with Gasteiger partial charge in [0.15, 0.2) is 0 Å². The normalized spacial score (nSPS) is 12.6. The number of nitrogens with zero attached hydrogens (tertiary/aromatic N) is 1. The molecule has 0 aliphatic heterocycles. The van der Waals surface area contributed by atoms with E-state index in [0.717, 1.165) is 22.9 Å². The SMILES string of the molecule is CCC(CC)N(CC(C)C)S(=O)(=O)c1cc(Br)ccc1C. The van der Waals surface area contributed by atoms with Crippen LogP contribution in [0.25, 0.3) is 0 Å². The second-order valence-electron chi connectivity index (χ2n) is 5.85. The molecule has 0 heterocycles. The molecule has 0 spiro atoms. The average molecular weight is 376 g/mol. The van der Waals surface area contributed by atoms with Gasteiger partial charge in [0.2, 0.25) is 10.0 Å². The van der Waals surface area contributed by atoms with Crippen LogP contribution in [0.4, 0.5) is 0 Å². The van der Waals surface area contributed by atoms with Crippen molar-refractivity contribution in [1.82, 2.24) is 4.31 Å². The zero-order valence-corrected chi connectivity index (χ0v) is 16.0. The van der Waals surface area contributed by atoms with Crippen molar-refractivity contribution in [3.63, 3.8) is 0 Å². The molecule has 0 saturated heterocycles. The highest BCUT2D eigenvalue weighted by Gasteiger charge is 2.31. The molecule has 0 unspecified atom stereocenters. The van der Waals surface area contributed by atoms with Crippen LogP contribution in [0.5, 0.6) is 0 Å². The molecule has 0 aromatic heterocycles. The Morgan fingerprint density at radius 2 is 1.76 bits per heavy atom. The number of sulfonamides is 1. The van der Waals surface area contributed by atoms with Gasteiger partial charge in [-0.05, 0) is 43.4 Å². The first kappa shape index (κ1) is 18.7. The molecule has 3 nitrogen and oxygen atoms in total. The van der Waals surface area contributed by atoms with Gasteiger partial charge in [0.05, 0.1) is 4.90 Å². The largest absolute Gasteiger partial charge is 0.243 e. The van der Waals surface area contributed by atoms with Gasteiger partial charge in [0.25, 0.3) is 0 Å². The summed E-state index contributed by atoms with van der Waals surface area (Å²) in [5.41, 5.74) is 0.790. The van der Waals surface area contributed by atoms with Crippen molar-refractivity contribution >= 4 is 26.0 Å². The number of hydrogen-bond acceptors (Lipinski definition) is 2. The first-order valence-corrected chi connectivity index (χ1v) is 9.75. The number of benzene rings is 1. The first-order chi connectivity index (χ1) is 9.73. The molecular weight excluding hydrogens is 350 g/mol. The average Bonchev–Trinajstić information content (AvgIpc) is 2.41. The molecule has 5 heteroatoms. The zero-order valence-electron chi connectivity index (χ0n) is 13.6. The smallest absolute Gasteiger partial charge is 0.207 e. The van der Waals surface area contributed by atoms with E-state index in [-0.39, 0.29) is 6.04 Å². The topological polar surface area (TPSA) is 37.4 Å². The Morgan fingerprint density at radius 3 is 2.24 bits per heavy atom. The van der Waals surface area contributed by atoms with Crippen molar-refractivity contribution in [2.75, 3.05) is 6.54 Å². The van der Waals surface area contributed by atoms with Crippen molar-refractivity contribution in [2.45, 2.75) is 58.4 Å². The van der Waals surface area contributed by atoms with E-state index in [4.69, 9.17) is 0 Å². The van der Waals surface area contributed by atoms with Gasteiger partial charge in [-0.1, -0.05) is 49.7 Å². The van der Waals surface area contributed by atoms with Crippen LogP contribution in [0.1, 0.15) is 46.1 Å². The third kappa shape index (κ3) is 4.54. The maximum absolute atomic E-state index is 13.1. The van der Waals surface area contributed by atoms with Crippen molar-refractivity contribution in [1.29, 1.82) is 0 Å². The van der Waals surface area contributed by atoms with Crippen LogP contribution >= 0.6 is 15.9 Å². The second-order valence-corrected chi connectivity index (χ2v) is 8.62. The van der Waals surface area contributed by atoms with E-state index in [1.165, 1.54) is 0 Å². The summed E-state index contributed by atoms with van der Waals surface area (Å²) in [6.45, 7) is 10.6. The summed E-state index contributed by atoms with van der Waals surface area (Å²) in [6, 6.07) is 5.48. The summed E-state index contributed by atoms with van der Waals surface area (Å²) in [4.78, 5) is 0.407. The fraction of sp³-hybridized carbons (Fsp3) is 0.625. The molecule has 0 amide bonds. The molecule has 0 radical (unpaired) electrons. The van der Waals surface area contributed by atoms with E-state index in [1.54, 1.807) is 10.4 Å². The monoisotopic (exact) mass is 375 g/mol. The fourth-order valence-corrected chi connectivity index (χ4v) is 5.18. The van der Waals surface area contributed by atoms with E-state index in [9.17, 15) is 8.42 Å². The third-order valence-electron chi connectivity index (χ3n) is 3.63. The molecule has 0 fully saturated rings. The first-order valence-electron chi connectivity index (χ1n) is 7.52. The number of hydrogen-bond donors (Lipinski definition) is 0. The molecule has 1 rings (SSSR count). The predicted molar refractivity (Wildman–Crippen MR) is 92.0 cm³/mol. The van der Waals surface area contributed by atoms with Crippen LogP contribution in [0, 0.1) is 12.8 Å². The predicted octanol–water partition coefficient (Wildman–Crippen LogP) is 4.59. The van der Waals surface area contributed by atoms with Crippen LogP contribution in [-0.4, -0.2) is 25.3 Å². The zero-order chi connectivity index (χ0) is 16.2. The van der Waals surface area contributed by atoms with Gasteiger partial charge >= 0.3 is 0 Å². The summed E-state index contributed by atoms with van der Waals surface area (Å²) in [5.74, 6) is 0.299. The van der Waals surface area contributed by atoms with E-state index < -0.39 is 10.0 Å². The number of aryl methyl sites for hydroxylation is 1. The minimum atomic E-state index is -3.47. The lowest BCUT2D eigenvalue weighted by Crippen LogP contribution is -2.42. The van der Waals surface area contributed by atoms with Crippen LogP contribution in [0.3, 0.4) is 0 Å². The maximum Gasteiger partial charge on any atom is 0.243 e. The van der Waals surface area contributed by atoms with Crippen LogP contribution in [-0.2, 0) is 10.0 Å². The Hall–Kier alpha value is -0.390. The van der Waals surface area contributed by atoms with Gasteiger partial charge in [-0.25, -0.2) is 8.42 Å². The van der Waals surface area contributed by atoms with Gasteiger partial charge in [-0.2, -0.15) is 4.31 Å². The minimum Gasteiger partial charge on any atom is -0.207 e. The lowest BCUT2D eigenvalue weighted by Gasteiger charge is -2.31. The summed E-state index contributed by atoms with van der Waals surface area (Å²) >= 11 is 3.38. The Balaban J connectivity index is 3.35. The quantitative estimate of drug-likeness (QED) is 0.698. The maximum atomic E-state index is 13.1. The highest BCUT2D eigenvalue weighted by atomic mass is 79.9. The van der Waals surface area contributed by atoms with Gasteiger partial charge in [-0.3, -0.25) is 0 Å². The molecule has 0 bridgehead atoms. The van der Waals surface area contributed by atoms with E-state index in [1.807, 2.05) is 32.9 Å². The second kappa shape index (κ2) is 7.75. The molecular formula is C16H26BrNO2S. The standard InChI is InChI=1S/C16H26BrNO2S/c1-6-15(7-2)18(11-12(3)4)21(19,20)16-10-14(17)9-8-13(16)5/h8-10,12,15H,6-7,11H2,1-5H3. The molecule has 0 atom stereocenters. The van der Waals surface area contributed by atoms with Crippen molar-refractivity contribution in [3.8, 4) is 0 Å². The van der Waals surface area contributed by atoms with Crippen LogP contribution in [0.15, 0.2) is 27.6 Å². The third-order valence-corrected chi connectivity index (χ3v) is 6.19. The van der Waals surface area contributed by atoms with Gasteiger partial charge in [0, 0.05) is 17.1 Å². The van der Waals surface area contributed by atoms with E-state index in [0.29, 0.717) is 17.4 Å². The molecule has 1 aromatic rings. The van der Waals surface area contributed by atoms with Crippen LogP contribution in [0.2, 0.25) is 0 Å². The Kier molecular flexibility index (Phi) is 6.88. The number of rotatable bonds is 7.